The number of carbonyl (C=O) groups excluding carboxylic acids is 1. The largest absolute Gasteiger partial charge is 0.391 e. The number of hydrogen-bond acceptors (Lipinski definition) is 4. The fourth-order valence-electron chi connectivity index (χ4n) is 2.66. The molecular weight excluding hydrogens is 326 g/mol. The SMILES string of the molecule is CC(NC(=O)c1ccc(-c2cnccn2)cc1)C(O)Cc1ccccc1. The lowest BCUT2D eigenvalue weighted by Gasteiger charge is -2.20. The van der Waals surface area contributed by atoms with E-state index < -0.39 is 6.10 Å². The molecule has 2 atom stereocenters. The molecule has 2 aromatic carbocycles. The fourth-order valence-corrected chi connectivity index (χ4v) is 2.66. The summed E-state index contributed by atoms with van der Waals surface area (Å²) in [4.78, 5) is 20.7. The minimum atomic E-state index is -0.653. The van der Waals surface area contributed by atoms with Gasteiger partial charge in [-0.2, -0.15) is 0 Å². The number of nitrogens with one attached hydrogen (secondary N) is 1. The zero-order chi connectivity index (χ0) is 18.4. The highest BCUT2D eigenvalue weighted by Gasteiger charge is 2.18. The molecule has 0 saturated carbocycles. The molecule has 0 aliphatic carbocycles. The molecule has 0 spiro atoms. The maximum absolute atomic E-state index is 12.4. The van der Waals surface area contributed by atoms with Crippen molar-refractivity contribution in [3.63, 3.8) is 0 Å². The number of aromatic nitrogens is 2. The number of carbonyl (C=O) groups is 1. The van der Waals surface area contributed by atoms with Gasteiger partial charge in [-0.3, -0.25) is 14.8 Å². The first-order valence-corrected chi connectivity index (χ1v) is 8.53. The third kappa shape index (κ3) is 4.52. The Hall–Kier alpha value is -3.05. The first-order chi connectivity index (χ1) is 12.6. The van der Waals surface area contributed by atoms with Crippen LogP contribution in [0.4, 0.5) is 0 Å². The Balaban J connectivity index is 1.60. The van der Waals surface area contributed by atoms with Gasteiger partial charge in [0.15, 0.2) is 0 Å². The Bertz CT molecular complexity index is 836. The van der Waals surface area contributed by atoms with E-state index in [9.17, 15) is 9.90 Å². The van der Waals surface area contributed by atoms with Gasteiger partial charge in [-0.25, -0.2) is 0 Å². The van der Waals surface area contributed by atoms with Gasteiger partial charge >= 0.3 is 0 Å². The zero-order valence-corrected chi connectivity index (χ0v) is 14.5. The molecule has 0 fully saturated rings. The highest BCUT2D eigenvalue weighted by Crippen LogP contribution is 2.16. The summed E-state index contributed by atoms with van der Waals surface area (Å²) in [6.07, 6.45) is 4.77. The highest BCUT2D eigenvalue weighted by atomic mass is 16.3. The second-order valence-corrected chi connectivity index (χ2v) is 6.19. The zero-order valence-electron chi connectivity index (χ0n) is 14.5. The van der Waals surface area contributed by atoms with Gasteiger partial charge < -0.3 is 10.4 Å². The Kier molecular flexibility index (Phi) is 5.71. The molecule has 1 heterocycles. The fraction of sp³-hybridized carbons (Fsp3) is 0.190. The topological polar surface area (TPSA) is 75.1 Å². The average molecular weight is 347 g/mol. The molecular formula is C21H21N3O2. The van der Waals surface area contributed by atoms with Crippen LogP contribution in [0.3, 0.4) is 0 Å². The number of benzene rings is 2. The summed E-state index contributed by atoms with van der Waals surface area (Å²) >= 11 is 0. The smallest absolute Gasteiger partial charge is 0.251 e. The Morgan fingerprint density at radius 1 is 1.08 bits per heavy atom. The van der Waals surface area contributed by atoms with Crippen molar-refractivity contribution in [2.24, 2.45) is 0 Å². The summed E-state index contributed by atoms with van der Waals surface area (Å²) in [7, 11) is 0. The third-order valence-corrected chi connectivity index (χ3v) is 4.23. The Morgan fingerprint density at radius 3 is 2.46 bits per heavy atom. The predicted octanol–water partition coefficient (Wildman–Crippen LogP) is 2.87. The quantitative estimate of drug-likeness (QED) is 0.719. The van der Waals surface area contributed by atoms with E-state index in [4.69, 9.17) is 0 Å². The number of aliphatic hydroxyl groups is 1. The van der Waals surface area contributed by atoms with E-state index in [-0.39, 0.29) is 11.9 Å². The van der Waals surface area contributed by atoms with E-state index in [1.165, 1.54) is 0 Å². The molecule has 5 heteroatoms. The molecule has 0 aliphatic rings. The summed E-state index contributed by atoms with van der Waals surface area (Å²) in [6.45, 7) is 1.80. The number of nitrogens with zero attached hydrogens (tertiary/aromatic N) is 2. The normalized spacial score (nSPS) is 13.0. The first kappa shape index (κ1) is 17.8. The Labute approximate surface area is 152 Å². The second-order valence-electron chi connectivity index (χ2n) is 6.19. The molecule has 0 saturated heterocycles. The number of hydrogen-bond donors (Lipinski definition) is 2. The number of aliphatic hydroxyl groups excluding tert-OH is 1. The van der Waals surface area contributed by atoms with Gasteiger partial charge in [-0.1, -0.05) is 42.5 Å². The third-order valence-electron chi connectivity index (χ3n) is 4.23. The molecule has 26 heavy (non-hydrogen) atoms. The molecule has 3 rings (SSSR count). The molecule has 5 nitrogen and oxygen atoms in total. The van der Waals surface area contributed by atoms with Crippen LogP contribution in [0.1, 0.15) is 22.8 Å². The van der Waals surface area contributed by atoms with Crippen LogP contribution in [-0.2, 0) is 6.42 Å². The molecule has 2 unspecified atom stereocenters. The van der Waals surface area contributed by atoms with Crippen LogP contribution in [0.15, 0.2) is 73.2 Å². The summed E-state index contributed by atoms with van der Waals surface area (Å²) in [5.74, 6) is -0.213. The van der Waals surface area contributed by atoms with Crippen LogP contribution >= 0.6 is 0 Å². The van der Waals surface area contributed by atoms with Crippen molar-refractivity contribution in [2.45, 2.75) is 25.5 Å². The van der Waals surface area contributed by atoms with Crippen molar-refractivity contribution < 1.29 is 9.90 Å². The van der Waals surface area contributed by atoms with Crippen molar-refractivity contribution in [1.82, 2.24) is 15.3 Å². The molecule has 3 aromatic rings. The lowest BCUT2D eigenvalue weighted by Crippen LogP contribution is -2.42. The molecule has 1 aromatic heterocycles. The maximum Gasteiger partial charge on any atom is 0.251 e. The molecule has 132 valence electrons. The molecule has 0 aliphatic heterocycles. The van der Waals surface area contributed by atoms with Gasteiger partial charge in [0.05, 0.1) is 24.0 Å². The van der Waals surface area contributed by atoms with Gasteiger partial charge in [-0.05, 0) is 24.6 Å². The van der Waals surface area contributed by atoms with Gasteiger partial charge in [0.1, 0.15) is 0 Å². The molecule has 0 radical (unpaired) electrons. The molecule has 0 bridgehead atoms. The van der Waals surface area contributed by atoms with Crippen molar-refractivity contribution in [2.75, 3.05) is 0 Å². The van der Waals surface area contributed by atoms with Crippen LogP contribution in [0.25, 0.3) is 11.3 Å². The summed E-state index contributed by atoms with van der Waals surface area (Å²) in [5, 5.41) is 13.2. The minimum Gasteiger partial charge on any atom is -0.391 e. The van der Waals surface area contributed by atoms with E-state index in [1.54, 1.807) is 37.6 Å². The van der Waals surface area contributed by atoms with Crippen molar-refractivity contribution in [1.29, 1.82) is 0 Å². The number of rotatable bonds is 6. The van der Waals surface area contributed by atoms with E-state index >= 15 is 0 Å². The van der Waals surface area contributed by atoms with E-state index in [0.29, 0.717) is 12.0 Å². The Morgan fingerprint density at radius 2 is 1.81 bits per heavy atom. The molecule has 2 N–H and O–H groups in total. The van der Waals surface area contributed by atoms with Gasteiger partial charge in [-0.15, -0.1) is 0 Å². The van der Waals surface area contributed by atoms with Crippen LogP contribution < -0.4 is 5.32 Å². The first-order valence-electron chi connectivity index (χ1n) is 8.53. The minimum absolute atomic E-state index is 0.213. The molecule has 1 amide bonds. The van der Waals surface area contributed by atoms with E-state index in [1.807, 2.05) is 42.5 Å². The van der Waals surface area contributed by atoms with E-state index in [0.717, 1.165) is 16.8 Å². The maximum atomic E-state index is 12.4. The summed E-state index contributed by atoms with van der Waals surface area (Å²) < 4.78 is 0. The monoisotopic (exact) mass is 347 g/mol. The predicted molar refractivity (Wildman–Crippen MR) is 101 cm³/mol. The lowest BCUT2D eigenvalue weighted by atomic mass is 10.0. The van der Waals surface area contributed by atoms with Crippen LogP contribution in [-0.4, -0.2) is 33.1 Å². The lowest BCUT2D eigenvalue weighted by molar-refractivity contribution is 0.0852. The van der Waals surface area contributed by atoms with Gasteiger partial charge in [0.25, 0.3) is 5.91 Å². The van der Waals surface area contributed by atoms with Gasteiger partial charge in [0.2, 0.25) is 0 Å². The standard InChI is InChI=1S/C21H21N3O2/c1-15(20(25)13-16-5-3-2-4-6-16)24-21(26)18-9-7-17(8-10-18)19-14-22-11-12-23-19/h2-12,14-15,20,25H,13H2,1H3,(H,24,26). The van der Waals surface area contributed by atoms with Crippen LogP contribution in [0.5, 0.6) is 0 Å². The second kappa shape index (κ2) is 8.36. The summed E-state index contributed by atoms with van der Waals surface area (Å²) in [5.41, 5.74) is 3.23. The highest BCUT2D eigenvalue weighted by molar-refractivity contribution is 5.94. The van der Waals surface area contributed by atoms with Gasteiger partial charge in [0, 0.05) is 29.9 Å². The van der Waals surface area contributed by atoms with Crippen LogP contribution in [0, 0.1) is 0 Å². The average Bonchev–Trinajstić information content (AvgIpc) is 2.69. The van der Waals surface area contributed by atoms with Crippen LogP contribution in [0.2, 0.25) is 0 Å². The number of amides is 1. The van der Waals surface area contributed by atoms with E-state index in [2.05, 4.69) is 15.3 Å². The van der Waals surface area contributed by atoms with Crippen molar-refractivity contribution >= 4 is 5.91 Å². The summed E-state index contributed by atoms with van der Waals surface area (Å²) in [6, 6.07) is 16.5. The van der Waals surface area contributed by atoms with Crippen molar-refractivity contribution in [3.8, 4) is 11.3 Å². The van der Waals surface area contributed by atoms with Crippen molar-refractivity contribution in [3.05, 3.63) is 84.3 Å².